The molecule has 2 aromatic carbocycles. The van der Waals surface area contributed by atoms with E-state index in [-0.39, 0.29) is 6.04 Å². The first-order chi connectivity index (χ1) is 10.6. The Hall–Kier alpha value is -1.62. The Kier molecular flexibility index (Phi) is 4.62. The zero-order valence-electron chi connectivity index (χ0n) is 11.8. The third-order valence-corrected chi connectivity index (χ3v) is 4.25. The van der Waals surface area contributed by atoms with Gasteiger partial charge in [-0.15, -0.1) is 0 Å². The van der Waals surface area contributed by atoms with Crippen molar-refractivity contribution in [1.29, 1.82) is 0 Å². The van der Waals surface area contributed by atoms with Gasteiger partial charge in [0, 0.05) is 9.50 Å². The van der Waals surface area contributed by atoms with Crippen molar-refractivity contribution in [3.63, 3.8) is 0 Å². The summed E-state index contributed by atoms with van der Waals surface area (Å²) in [6, 6.07) is 15.6. The minimum atomic E-state index is -0.165. The summed E-state index contributed by atoms with van der Waals surface area (Å²) in [6.45, 7) is 0. The molecule has 0 saturated heterocycles. The van der Waals surface area contributed by atoms with Crippen molar-refractivity contribution in [2.45, 2.75) is 12.5 Å². The fraction of sp³-hybridized carbons (Fsp3) is 0.118. The summed E-state index contributed by atoms with van der Waals surface area (Å²) in [5.74, 6) is 0.785. The average molecular weight is 377 g/mol. The summed E-state index contributed by atoms with van der Waals surface area (Å²) in [5.41, 5.74) is 9.42. The zero-order chi connectivity index (χ0) is 15.5. The summed E-state index contributed by atoms with van der Waals surface area (Å²) >= 11 is 9.34. The first kappa shape index (κ1) is 15.3. The topological polar surface area (TPSA) is 54.7 Å². The molecule has 3 aromatic rings. The van der Waals surface area contributed by atoms with E-state index in [1.807, 2.05) is 36.4 Å². The van der Waals surface area contributed by atoms with Crippen LogP contribution < -0.4 is 5.73 Å². The van der Waals surface area contributed by atoms with Crippen LogP contribution in [0.2, 0.25) is 5.02 Å². The number of benzene rings is 2. The second-order valence-electron chi connectivity index (χ2n) is 5.13. The predicted octanol–water partition coefficient (Wildman–Crippen LogP) is 4.74. The Morgan fingerprint density at radius 3 is 2.45 bits per heavy atom. The van der Waals surface area contributed by atoms with Crippen LogP contribution in [-0.2, 0) is 6.42 Å². The molecule has 0 aliphatic carbocycles. The predicted molar refractivity (Wildman–Crippen MR) is 93.8 cm³/mol. The number of hydrogen-bond donors (Lipinski definition) is 2. The van der Waals surface area contributed by atoms with Gasteiger partial charge in [-0.2, -0.15) is 0 Å². The minimum Gasteiger partial charge on any atom is -0.341 e. The van der Waals surface area contributed by atoms with Gasteiger partial charge in [-0.3, -0.25) is 0 Å². The van der Waals surface area contributed by atoms with Crippen LogP contribution in [-0.4, -0.2) is 9.97 Å². The van der Waals surface area contributed by atoms with Gasteiger partial charge in [-0.25, -0.2) is 4.98 Å². The van der Waals surface area contributed by atoms with Gasteiger partial charge in [0.05, 0.1) is 17.9 Å². The fourth-order valence-corrected chi connectivity index (χ4v) is 2.66. The quantitative estimate of drug-likeness (QED) is 0.691. The van der Waals surface area contributed by atoms with Crippen molar-refractivity contribution >= 4 is 27.5 Å². The number of nitrogens with zero attached hydrogens (tertiary/aromatic N) is 1. The zero-order valence-corrected chi connectivity index (χ0v) is 14.1. The number of H-pyrrole nitrogens is 1. The van der Waals surface area contributed by atoms with E-state index < -0.39 is 0 Å². The molecule has 0 aliphatic heterocycles. The molecule has 3 nitrogen and oxygen atoms in total. The summed E-state index contributed by atoms with van der Waals surface area (Å²) in [6.07, 6.45) is 2.54. The summed E-state index contributed by atoms with van der Waals surface area (Å²) in [5, 5.41) is 0.718. The van der Waals surface area contributed by atoms with Crippen LogP contribution in [0.15, 0.2) is 59.2 Å². The molecule has 0 spiro atoms. The third-order valence-electron chi connectivity index (χ3n) is 3.47. The first-order valence-corrected chi connectivity index (χ1v) is 8.10. The molecule has 5 heteroatoms. The number of hydrogen-bond acceptors (Lipinski definition) is 2. The number of imidazole rings is 1. The van der Waals surface area contributed by atoms with Crippen LogP contribution in [0.4, 0.5) is 0 Å². The monoisotopic (exact) mass is 375 g/mol. The maximum Gasteiger partial charge on any atom is 0.123 e. The van der Waals surface area contributed by atoms with Crippen molar-refractivity contribution < 1.29 is 0 Å². The second-order valence-corrected chi connectivity index (χ2v) is 6.48. The van der Waals surface area contributed by atoms with Gasteiger partial charge in [0.25, 0.3) is 0 Å². The molecule has 3 N–H and O–H groups in total. The van der Waals surface area contributed by atoms with Gasteiger partial charge >= 0.3 is 0 Å². The van der Waals surface area contributed by atoms with E-state index in [0.29, 0.717) is 0 Å². The van der Waals surface area contributed by atoms with Gasteiger partial charge in [0.2, 0.25) is 0 Å². The van der Waals surface area contributed by atoms with Crippen LogP contribution in [0.3, 0.4) is 0 Å². The van der Waals surface area contributed by atoms with Gasteiger partial charge < -0.3 is 10.7 Å². The minimum absolute atomic E-state index is 0.165. The molecule has 1 unspecified atom stereocenters. The lowest BCUT2D eigenvalue weighted by Crippen LogP contribution is -2.14. The highest BCUT2D eigenvalue weighted by Crippen LogP contribution is 2.22. The van der Waals surface area contributed by atoms with E-state index in [4.69, 9.17) is 17.3 Å². The number of nitrogens with two attached hydrogens (primary N) is 1. The highest BCUT2D eigenvalue weighted by Gasteiger charge is 2.12. The SMILES string of the molecule is NC(Cc1ccc(Br)cc1)c1ncc(-c2ccc(Cl)cc2)[nH]1. The van der Waals surface area contributed by atoms with Crippen LogP contribution in [0.5, 0.6) is 0 Å². The molecule has 3 rings (SSSR count). The number of halogens is 2. The summed E-state index contributed by atoms with van der Waals surface area (Å²) in [7, 11) is 0. The first-order valence-electron chi connectivity index (χ1n) is 6.92. The normalized spacial score (nSPS) is 12.3. The van der Waals surface area contributed by atoms with Crippen LogP contribution >= 0.6 is 27.5 Å². The second kappa shape index (κ2) is 6.65. The number of nitrogens with one attached hydrogen (secondary N) is 1. The Bertz CT molecular complexity index is 750. The highest BCUT2D eigenvalue weighted by molar-refractivity contribution is 9.10. The number of aromatic nitrogens is 2. The molecule has 22 heavy (non-hydrogen) atoms. The van der Waals surface area contributed by atoms with E-state index in [1.54, 1.807) is 6.20 Å². The summed E-state index contributed by atoms with van der Waals surface area (Å²) < 4.78 is 1.06. The van der Waals surface area contributed by atoms with Crippen LogP contribution in [0.25, 0.3) is 11.3 Å². The standard InChI is InChI=1S/C17H15BrClN3/c18-13-5-1-11(2-6-13)9-15(20)17-21-10-16(22-17)12-3-7-14(19)8-4-12/h1-8,10,15H,9,20H2,(H,21,22). The van der Waals surface area contributed by atoms with Crippen molar-refractivity contribution in [3.8, 4) is 11.3 Å². The van der Waals surface area contributed by atoms with Gasteiger partial charge in [-0.05, 0) is 41.8 Å². The molecule has 0 fully saturated rings. The molecule has 0 aliphatic rings. The maximum atomic E-state index is 6.25. The molecule has 0 saturated carbocycles. The fourth-order valence-electron chi connectivity index (χ4n) is 2.27. The van der Waals surface area contributed by atoms with E-state index in [9.17, 15) is 0 Å². The van der Waals surface area contributed by atoms with Gasteiger partial charge in [0.15, 0.2) is 0 Å². The van der Waals surface area contributed by atoms with Gasteiger partial charge in [-0.1, -0.05) is 51.8 Å². The van der Waals surface area contributed by atoms with Crippen LogP contribution in [0, 0.1) is 0 Å². The average Bonchev–Trinajstić information content (AvgIpc) is 3.00. The smallest absolute Gasteiger partial charge is 0.123 e. The van der Waals surface area contributed by atoms with Gasteiger partial charge in [0.1, 0.15) is 5.82 Å². The molecular formula is C17H15BrClN3. The van der Waals surface area contributed by atoms with E-state index in [1.165, 1.54) is 5.56 Å². The van der Waals surface area contributed by atoms with E-state index in [2.05, 4.69) is 38.0 Å². The molecular weight excluding hydrogens is 362 g/mol. The van der Waals surface area contributed by atoms with Crippen LogP contribution in [0.1, 0.15) is 17.4 Å². The summed E-state index contributed by atoms with van der Waals surface area (Å²) in [4.78, 5) is 7.70. The molecule has 0 radical (unpaired) electrons. The molecule has 1 aromatic heterocycles. The lowest BCUT2D eigenvalue weighted by Gasteiger charge is -2.09. The van der Waals surface area contributed by atoms with E-state index >= 15 is 0 Å². The van der Waals surface area contributed by atoms with Crippen molar-refractivity contribution in [1.82, 2.24) is 9.97 Å². The number of aromatic amines is 1. The lowest BCUT2D eigenvalue weighted by molar-refractivity contribution is 0.678. The number of rotatable bonds is 4. The molecule has 1 atom stereocenters. The van der Waals surface area contributed by atoms with Crippen molar-refractivity contribution in [3.05, 3.63) is 75.6 Å². The van der Waals surface area contributed by atoms with E-state index in [0.717, 1.165) is 33.0 Å². The van der Waals surface area contributed by atoms with Crippen molar-refractivity contribution in [2.75, 3.05) is 0 Å². The Morgan fingerprint density at radius 1 is 1.09 bits per heavy atom. The Labute approximate surface area is 142 Å². The maximum absolute atomic E-state index is 6.25. The molecule has 0 bridgehead atoms. The lowest BCUT2D eigenvalue weighted by atomic mass is 10.1. The Morgan fingerprint density at radius 2 is 1.77 bits per heavy atom. The molecule has 112 valence electrons. The molecule has 0 amide bonds. The highest BCUT2D eigenvalue weighted by atomic mass is 79.9. The molecule has 1 heterocycles. The van der Waals surface area contributed by atoms with Crippen molar-refractivity contribution in [2.24, 2.45) is 5.73 Å². The third kappa shape index (κ3) is 3.58. The Balaban J connectivity index is 1.75. The largest absolute Gasteiger partial charge is 0.341 e.